The predicted octanol–water partition coefficient (Wildman–Crippen LogP) is 6.70. The molecule has 1 fully saturated rings. The SMILES string of the molecule is C=CC(=O)N1CCN(c2c(C#N)c(=O)n(-c3c(C)ccnc3C(C)C)c3c(Cl)c(-c4ccc(F)c5sc(N)nc45)c(F)cc23)C[C@H]1C. The van der Waals surface area contributed by atoms with Crippen molar-refractivity contribution in [3.8, 4) is 22.9 Å². The smallest absolute Gasteiger partial charge is 0.275 e. The fraction of sp³-hybridized carbons (Fsp3) is 0.265. The van der Waals surface area contributed by atoms with Crippen LogP contribution in [0.4, 0.5) is 19.6 Å². The molecule has 1 aliphatic rings. The second-order valence-electron chi connectivity index (χ2n) is 11.8. The van der Waals surface area contributed by atoms with E-state index < -0.39 is 17.2 Å². The molecule has 13 heteroatoms. The Kier molecular flexibility index (Phi) is 8.23. The molecule has 1 aliphatic heterocycles. The first kappa shape index (κ1) is 32.1. The number of aryl methyl sites for hydroxylation is 1. The Morgan fingerprint density at radius 1 is 1.23 bits per heavy atom. The molecule has 47 heavy (non-hydrogen) atoms. The third-order valence-corrected chi connectivity index (χ3v) is 9.81. The largest absolute Gasteiger partial charge is 0.375 e. The Bertz CT molecular complexity index is 2240. The highest BCUT2D eigenvalue weighted by Crippen LogP contribution is 2.45. The first-order chi connectivity index (χ1) is 22.4. The molecule has 240 valence electrons. The third kappa shape index (κ3) is 5.10. The van der Waals surface area contributed by atoms with Gasteiger partial charge in [0, 0.05) is 48.4 Å². The van der Waals surface area contributed by atoms with E-state index in [2.05, 4.69) is 22.6 Å². The Morgan fingerprint density at radius 2 is 1.98 bits per heavy atom. The van der Waals surface area contributed by atoms with E-state index in [9.17, 15) is 19.2 Å². The first-order valence-corrected chi connectivity index (χ1v) is 16.1. The van der Waals surface area contributed by atoms with E-state index in [4.69, 9.17) is 17.3 Å². The molecule has 2 N–H and O–H groups in total. The van der Waals surface area contributed by atoms with E-state index in [0.717, 1.165) is 11.3 Å². The molecule has 4 heterocycles. The molecule has 2 aromatic carbocycles. The lowest BCUT2D eigenvalue weighted by Crippen LogP contribution is -2.54. The minimum absolute atomic E-state index is 0.0947. The number of amides is 1. The zero-order chi connectivity index (χ0) is 33.9. The second kappa shape index (κ2) is 12.1. The summed E-state index contributed by atoms with van der Waals surface area (Å²) in [4.78, 5) is 39.4. The number of benzene rings is 2. The molecule has 6 rings (SSSR count). The van der Waals surface area contributed by atoms with Gasteiger partial charge in [-0.1, -0.05) is 43.4 Å². The van der Waals surface area contributed by atoms with Gasteiger partial charge in [-0.2, -0.15) is 5.26 Å². The quantitative estimate of drug-likeness (QED) is 0.206. The van der Waals surface area contributed by atoms with Gasteiger partial charge in [-0.3, -0.25) is 19.1 Å². The number of anilines is 2. The number of halogens is 3. The van der Waals surface area contributed by atoms with Crippen LogP contribution in [0.25, 0.3) is 37.9 Å². The number of hydrogen-bond acceptors (Lipinski definition) is 8. The zero-order valence-corrected chi connectivity index (χ0v) is 27.6. The van der Waals surface area contributed by atoms with E-state index in [1.165, 1.54) is 28.8 Å². The Hall–Kier alpha value is -4.86. The number of rotatable bonds is 5. The van der Waals surface area contributed by atoms with Crippen LogP contribution in [-0.2, 0) is 4.79 Å². The van der Waals surface area contributed by atoms with E-state index in [1.807, 2.05) is 32.6 Å². The number of piperazine rings is 1. The second-order valence-corrected chi connectivity index (χ2v) is 13.2. The lowest BCUT2D eigenvalue weighted by Gasteiger charge is -2.41. The summed E-state index contributed by atoms with van der Waals surface area (Å²) in [6, 6.07) is 7.35. The predicted molar refractivity (Wildman–Crippen MR) is 182 cm³/mol. The number of carbonyl (C=O) groups excluding carboxylic acids is 1. The summed E-state index contributed by atoms with van der Waals surface area (Å²) < 4.78 is 32.9. The number of thiazole rings is 1. The Labute approximate surface area is 278 Å². The highest BCUT2D eigenvalue weighted by Gasteiger charge is 2.33. The van der Waals surface area contributed by atoms with Crippen LogP contribution in [0.15, 0.2) is 47.9 Å². The van der Waals surface area contributed by atoms with Crippen molar-refractivity contribution in [3.63, 3.8) is 0 Å². The van der Waals surface area contributed by atoms with Gasteiger partial charge in [0.2, 0.25) is 5.91 Å². The summed E-state index contributed by atoms with van der Waals surface area (Å²) in [5, 5.41) is 10.7. The molecule has 0 bridgehead atoms. The van der Waals surface area contributed by atoms with E-state index in [-0.39, 0.29) is 91.2 Å². The molecule has 0 saturated carbocycles. The van der Waals surface area contributed by atoms with Gasteiger partial charge >= 0.3 is 0 Å². The van der Waals surface area contributed by atoms with Crippen LogP contribution in [0.5, 0.6) is 0 Å². The molecule has 0 aliphatic carbocycles. The first-order valence-electron chi connectivity index (χ1n) is 14.9. The summed E-state index contributed by atoms with van der Waals surface area (Å²) in [6.45, 7) is 11.9. The van der Waals surface area contributed by atoms with Gasteiger partial charge < -0.3 is 15.5 Å². The average Bonchev–Trinajstić information content (AvgIpc) is 3.44. The number of pyridine rings is 2. The van der Waals surface area contributed by atoms with E-state index >= 15 is 4.39 Å². The average molecular weight is 674 g/mol. The van der Waals surface area contributed by atoms with Gasteiger partial charge in [-0.05, 0) is 55.7 Å². The Morgan fingerprint density at radius 3 is 2.64 bits per heavy atom. The normalized spacial score (nSPS) is 15.1. The third-order valence-electron chi connectivity index (χ3n) is 8.54. The summed E-state index contributed by atoms with van der Waals surface area (Å²) in [5.74, 6) is -1.71. The highest BCUT2D eigenvalue weighted by atomic mass is 35.5. The molecule has 3 aromatic heterocycles. The molecular weight excluding hydrogens is 644 g/mol. The molecular formula is C34H30ClF2N7O2S. The highest BCUT2D eigenvalue weighted by molar-refractivity contribution is 7.22. The zero-order valence-electron chi connectivity index (χ0n) is 26.1. The van der Waals surface area contributed by atoms with Crippen molar-refractivity contribution in [1.82, 2.24) is 19.4 Å². The minimum atomic E-state index is -0.766. The lowest BCUT2D eigenvalue weighted by molar-refractivity contribution is -0.128. The number of carbonyl (C=O) groups is 1. The van der Waals surface area contributed by atoms with E-state index in [1.54, 1.807) is 17.2 Å². The van der Waals surface area contributed by atoms with Crippen LogP contribution >= 0.6 is 22.9 Å². The fourth-order valence-electron chi connectivity index (χ4n) is 6.43. The van der Waals surface area contributed by atoms with Gasteiger partial charge in [0.1, 0.15) is 23.3 Å². The summed E-state index contributed by atoms with van der Waals surface area (Å²) >= 11 is 8.15. The van der Waals surface area contributed by atoms with Gasteiger partial charge in [0.25, 0.3) is 5.56 Å². The van der Waals surface area contributed by atoms with Crippen molar-refractivity contribution >= 4 is 60.8 Å². The summed E-state index contributed by atoms with van der Waals surface area (Å²) in [6.07, 6.45) is 2.88. The summed E-state index contributed by atoms with van der Waals surface area (Å²) in [7, 11) is 0. The van der Waals surface area contributed by atoms with Gasteiger partial charge in [-0.25, -0.2) is 13.8 Å². The molecule has 0 unspecified atom stereocenters. The monoisotopic (exact) mass is 673 g/mol. The molecule has 9 nitrogen and oxygen atoms in total. The van der Waals surface area contributed by atoms with Crippen molar-refractivity contribution < 1.29 is 13.6 Å². The van der Waals surface area contributed by atoms with Crippen molar-refractivity contribution in [3.05, 3.63) is 86.9 Å². The van der Waals surface area contributed by atoms with Crippen molar-refractivity contribution in [1.29, 1.82) is 5.26 Å². The molecule has 1 saturated heterocycles. The van der Waals surface area contributed by atoms with E-state index in [0.29, 0.717) is 16.9 Å². The maximum absolute atomic E-state index is 16.6. The Balaban J connectivity index is 1.76. The fourth-order valence-corrected chi connectivity index (χ4v) is 7.57. The number of nitrogens with two attached hydrogens (primary N) is 1. The van der Waals surface area contributed by atoms with Crippen molar-refractivity contribution in [2.45, 2.75) is 39.7 Å². The number of nitriles is 1. The maximum Gasteiger partial charge on any atom is 0.275 e. The molecule has 0 radical (unpaired) electrons. The van der Waals surface area contributed by atoms with Crippen LogP contribution in [0.2, 0.25) is 5.02 Å². The van der Waals surface area contributed by atoms with Crippen LogP contribution in [0, 0.1) is 29.9 Å². The van der Waals surface area contributed by atoms with Gasteiger partial charge in [0.15, 0.2) is 5.13 Å². The van der Waals surface area contributed by atoms with Crippen molar-refractivity contribution in [2.75, 3.05) is 30.3 Å². The molecule has 1 atom stereocenters. The number of aromatic nitrogens is 3. The van der Waals surface area contributed by atoms with Crippen LogP contribution in [-0.4, -0.2) is 51.0 Å². The standard InChI is InChI=1S/C34H30ClF2N7O2S/c1-6-24(45)43-12-11-42(15-18(43)5)30-20-13-23(37)25(19-7-8-22(36)32-28(19)41-34(39)47-32)26(35)31(20)44(33(46)21(30)14-38)29-17(4)9-10-40-27(29)16(2)3/h6-10,13,16,18H,1,11-12,15H2,2-5H3,(H2,39,41)/t18-/m1/s1. The number of nitrogen functional groups attached to an aromatic ring is 1. The molecule has 0 spiro atoms. The van der Waals surface area contributed by atoms with Crippen LogP contribution < -0.4 is 16.2 Å². The van der Waals surface area contributed by atoms with Crippen LogP contribution in [0.1, 0.15) is 43.5 Å². The number of fused-ring (bicyclic) bond motifs is 2. The lowest BCUT2D eigenvalue weighted by atomic mass is 9.97. The molecule has 1 amide bonds. The molecule has 5 aromatic rings. The van der Waals surface area contributed by atoms with Crippen molar-refractivity contribution in [2.24, 2.45) is 0 Å². The minimum Gasteiger partial charge on any atom is -0.375 e. The number of hydrogen-bond donors (Lipinski definition) is 1. The number of nitrogens with zero attached hydrogens (tertiary/aromatic N) is 6. The van der Waals surface area contributed by atoms with Gasteiger partial charge in [-0.15, -0.1) is 0 Å². The summed E-state index contributed by atoms with van der Waals surface area (Å²) in [5.41, 5.74) is 7.36. The van der Waals surface area contributed by atoms with Crippen LogP contribution in [0.3, 0.4) is 0 Å². The van der Waals surface area contributed by atoms with Gasteiger partial charge in [0.05, 0.1) is 37.8 Å². The topological polar surface area (TPSA) is 121 Å². The maximum atomic E-state index is 16.6.